The van der Waals surface area contributed by atoms with Crippen LogP contribution in [0.1, 0.15) is 36.5 Å². The summed E-state index contributed by atoms with van der Waals surface area (Å²) in [4.78, 5) is 12.3. The smallest absolute Gasteiger partial charge is 0.438 e. The monoisotopic (exact) mass is 316 g/mol. The highest BCUT2D eigenvalue weighted by Gasteiger charge is 2.63. The second-order valence-corrected chi connectivity index (χ2v) is 5.07. The average Bonchev–Trinajstić information content (AvgIpc) is 2.76. The molecule has 0 fully saturated rings. The van der Waals surface area contributed by atoms with Gasteiger partial charge in [-0.05, 0) is 24.6 Å². The summed E-state index contributed by atoms with van der Waals surface area (Å²) in [6, 6.07) is 4.86. The van der Waals surface area contributed by atoms with E-state index in [0.717, 1.165) is 6.07 Å². The fourth-order valence-corrected chi connectivity index (χ4v) is 2.24. The van der Waals surface area contributed by atoms with Crippen LogP contribution in [-0.4, -0.2) is 38.7 Å². The standard InChI is InChI=1S/C14H15F3N2O3/c1-2-4-10-8-13(22,14(15,16)17)19(18-10)12(21)9-5-3-6-11(20)7-9/h3,5-7,20,22H,2,4,8H2,1H3/t13-/m1/s1. The molecule has 0 saturated heterocycles. The van der Waals surface area contributed by atoms with Gasteiger partial charge in [-0.1, -0.05) is 19.4 Å². The average molecular weight is 316 g/mol. The van der Waals surface area contributed by atoms with Gasteiger partial charge in [-0.25, -0.2) is 0 Å². The molecule has 1 aliphatic rings. The van der Waals surface area contributed by atoms with Crippen LogP contribution in [0.3, 0.4) is 0 Å². The van der Waals surface area contributed by atoms with Gasteiger partial charge in [-0.2, -0.15) is 23.3 Å². The molecule has 0 unspecified atom stereocenters. The summed E-state index contributed by atoms with van der Waals surface area (Å²) in [5.74, 6) is -1.39. The van der Waals surface area contributed by atoms with Crippen LogP contribution in [0.5, 0.6) is 5.75 Å². The number of amides is 1. The number of aromatic hydroxyl groups is 1. The number of phenols is 1. The van der Waals surface area contributed by atoms with Gasteiger partial charge in [0.15, 0.2) is 0 Å². The summed E-state index contributed by atoms with van der Waals surface area (Å²) in [6.07, 6.45) is -5.02. The van der Waals surface area contributed by atoms with E-state index >= 15 is 0 Å². The SMILES string of the molecule is CCCC1=NN(C(=O)c2cccc(O)c2)[C@](O)(C(F)(F)F)C1. The third-order valence-corrected chi connectivity index (χ3v) is 3.32. The summed E-state index contributed by atoms with van der Waals surface area (Å²) >= 11 is 0. The molecule has 1 aromatic rings. The molecule has 1 amide bonds. The lowest BCUT2D eigenvalue weighted by Gasteiger charge is -2.32. The molecular formula is C14H15F3N2O3. The largest absolute Gasteiger partial charge is 0.508 e. The zero-order chi connectivity index (χ0) is 16.5. The Morgan fingerprint density at radius 2 is 2.14 bits per heavy atom. The van der Waals surface area contributed by atoms with Gasteiger partial charge < -0.3 is 10.2 Å². The van der Waals surface area contributed by atoms with E-state index in [1.807, 2.05) is 0 Å². The van der Waals surface area contributed by atoms with Crippen molar-refractivity contribution in [1.29, 1.82) is 0 Å². The highest BCUT2D eigenvalue weighted by atomic mass is 19.4. The van der Waals surface area contributed by atoms with Gasteiger partial charge in [0.05, 0.1) is 0 Å². The first-order valence-electron chi connectivity index (χ1n) is 6.68. The summed E-state index contributed by atoms with van der Waals surface area (Å²) in [7, 11) is 0. The molecule has 0 bridgehead atoms. The fourth-order valence-electron chi connectivity index (χ4n) is 2.24. The van der Waals surface area contributed by atoms with Gasteiger partial charge in [-0.3, -0.25) is 4.79 Å². The van der Waals surface area contributed by atoms with E-state index in [0.29, 0.717) is 6.42 Å². The molecule has 22 heavy (non-hydrogen) atoms. The van der Waals surface area contributed by atoms with E-state index in [-0.39, 0.29) is 28.5 Å². The molecule has 1 aliphatic heterocycles. The molecule has 0 radical (unpaired) electrons. The molecule has 8 heteroatoms. The summed E-state index contributed by atoms with van der Waals surface area (Å²) < 4.78 is 39.6. The van der Waals surface area contributed by atoms with Crippen molar-refractivity contribution in [3.63, 3.8) is 0 Å². The Labute approximate surface area is 124 Å². The number of carbonyl (C=O) groups is 1. The van der Waals surface area contributed by atoms with Gasteiger partial charge in [0.2, 0.25) is 0 Å². The predicted octanol–water partition coefficient (Wildman–Crippen LogP) is 2.65. The van der Waals surface area contributed by atoms with Crippen molar-refractivity contribution in [2.75, 3.05) is 0 Å². The Bertz CT molecular complexity index is 616. The number of alkyl halides is 3. The molecule has 0 spiro atoms. The lowest BCUT2D eigenvalue weighted by molar-refractivity contribution is -0.297. The maximum Gasteiger partial charge on any atom is 0.438 e. The minimum atomic E-state index is -5.04. The highest BCUT2D eigenvalue weighted by Crippen LogP contribution is 2.41. The number of hydrazone groups is 1. The van der Waals surface area contributed by atoms with E-state index < -0.39 is 24.2 Å². The maximum atomic E-state index is 13.2. The van der Waals surface area contributed by atoms with Crippen LogP contribution in [0.25, 0.3) is 0 Å². The Morgan fingerprint density at radius 3 is 2.68 bits per heavy atom. The number of carbonyl (C=O) groups excluding carboxylic acids is 1. The van der Waals surface area contributed by atoms with Crippen LogP contribution in [0.15, 0.2) is 29.4 Å². The van der Waals surface area contributed by atoms with Crippen LogP contribution >= 0.6 is 0 Å². The summed E-state index contributed by atoms with van der Waals surface area (Å²) in [6.45, 7) is 1.76. The minimum Gasteiger partial charge on any atom is -0.508 e. The normalized spacial score (nSPS) is 21.9. The van der Waals surface area contributed by atoms with Crippen molar-refractivity contribution in [1.82, 2.24) is 5.01 Å². The van der Waals surface area contributed by atoms with Crippen LogP contribution in [0, 0.1) is 0 Å². The van der Waals surface area contributed by atoms with E-state index in [1.165, 1.54) is 18.2 Å². The van der Waals surface area contributed by atoms with Gasteiger partial charge in [0, 0.05) is 17.7 Å². The summed E-state index contributed by atoms with van der Waals surface area (Å²) in [5.41, 5.74) is -3.44. The lowest BCUT2D eigenvalue weighted by atomic mass is 10.0. The second-order valence-electron chi connectivity index (χ2n) is 5.07. The number of rotatable bonds is 3. The number of phenolic OH excluding ortho intramolecular Hbond substituents is 1. The third kappa shape index (κ3) is 2.78. The van der Waals surface area contributed by atoms with Crippen LogP contribution in [0.2, 0.25) is 0 Å². The minimum absolute atomic E-state index is 0.0623. The third-order valence-electron chi connectivity index (χ3n) is 3.32. The number of aliphatic hydroxyl groups is 1. The number of nitrogens with zero attached hydrogens (tertiary/aromatic N) is 2. The van der Waals surface area contributed by atoms with E-state index in [4.69, 9.17) is 0 Å². The number of benzene rings is 1. The quantitative estimate of drug-likeness (QED) is 0.900. The van der Waals surface area contributed by atoms with Crippen molar-refractivity contribution in [3.8, 4) is 5.75 Å². The van der Waals surface area contributed by atoms with Crippen molar-refractivity contribution < 1.29 is 28.2 Å². The lowest BCUT2D eigenvalue weighted by Crippen LogP contribution is -2.56. The molecule has 120 valence electrons. The van der Waals surface area contributed by atoms with Crippen LogP contribution in [0.4, 0.5) is 13.2 Å². The van der Waals surface area contributed by atoms with Gasteiger partial charge in [0.1, 0.15) is 5.75 Å². The first-order valence-corrected chi connectivity index (χ1v) is 6.68. The molecule has 0 saturated carbocycles. The molecule has 2 N–H and O–H groups in total. The zero-order valence-electron chi connectivity index (χ0n) is 11.8. The second kappa shape index (κ2) is 5.60. The molecule has 1 atom stereocenters. The van der Waals surface area contributed by atoms with E-state index in [1.54, 1.807) is 6.92 Å². The summed E-state index contributed by atoms with van der Waals surface area (Å²) in [5, 5.41) is 23.0. The molecule has 2 rings (SSSR count). The molecule has 5 nitrogen and oxygen atoms in total. The molecule has 0 aliphatic carbocycles. The van der Waals surface area contributed by atoms with Crippen molar-refractivity contribution >= 4 is 11.6 Å². The van der Waals surface area contributed by atoms with E-state index in [9.17, 15) is 28.2 Å². The van der Waals surface area contributed by atoms with Crippen molar-refractivity contribution in [3.05, 3.63) is 29.8 Å². The topological polar surface area (TPSA) is 73.1 Å². The van der Waals surface area contributed by atoms with E-state index in [2.05, 4.69) is 5.10 Å². The van der Waals surface area contributed by atoms with Crippen LogP contribution in [-0.2, 0) is 0 Å². The van der Waals surface area contributed by atoms with Gasteiger partial charge in [0.25, 0.3) is 11.6 Å². The fraction of sp³-hybridized carbons (Fsp3) is 0.429. The highest BCUT2D eigenvalue weighted by molar-refractivity contribution is 5.98. The number of hydrogen-bond acceptors (Lipinski definition) is 4. The maximum absolute atomic E-state index is 13.2. The van der Waals surface area contributed by atoms with Crippen molar-refractivity contribution in [2.45, 2.75) is 38.1 Å². The Morgan fingerprint density at radius 1 is 1.45 bits per heavy atom. The Hall–Kier alpha value is -2.09. The predicted molar refractivity (Wildman–Crippen MR) is 72.2 cm³/mol. The molecule has 0 aromatic heterocycles. The Balaban J connectivity index is 2.41. The first-order chi connectivity index (χ1) is 10.2. The Kier molecular flexibility index (Phi) is 4.15. The zero-order valence-corrected chi connectivity index (χ0v) is 11.8. The van der Waals surface area contributed by atoms with Crippen molar-refractivity contribution in [2.24, 2.45) is 5.10 Å². The first kappa shape index (κ1) is 16.3. The number of hydrogen-bond donors (Lipinski definition) is 2. The molecule has 1 aromatic carbocycles. The van der Waals surface area contributed by atoms with Gasteiger partial charge in [-0.15, -0.1) is 0 Å². The van der Waals surface area contributed by atoms with Gasteiger partial charge >= 0.3 is 6.18 Å². The number of halogens is 3. The van der Waals surface area contributed by atoms with Crippen LogP contribution < -0.4 is 0 Å². The molecular weight excluding hydrogens is 301 g/mol. The molecule has 1 heterocycles.